The highest BCUT2D eigenvalue weighted by Gasteiger charge is 2.16. The Morgan fingerprint density at radius 2 is 2.22 bits per heavy atom. The summed E-state index contributed by atoms with van der Waals surface area (Å²) in [6, 6.07) is -0.133. The van der Waals surface area contributed by atoms with Crippen molar-refractivity contribution in [1.82, 2.24) is 9.88 Å². The van der Waals surface area contributed by atoms with Gasteiger partial charge < -0.3 is 15.4 Å². The zero-order valence-electron chi connectivity index (χ0n) is 11.3. The van der Waals surface area contributed by atoms with Gasteiger partial charge in [-0.2, -0.15) is 0 Å². The Morgan fingerprint density at radius 3 is 2.72 bits per heavy atom. The Labute approximate surface area is 112 Å². The Morgan fingerprint density at radius 1 is 1.56 bits per heavy atom. The van der Waals surface area contributed by atoms with E-state index in [0.717, 1.165) is 5.01 Å². The second-order valence-corrected chi connectivity index (χ2v) is 5.40. The first kappa shape index (κ1) is 15.1. The number of nitrogens with zero attached hydrogens (tertiary/aromatic N) is 2. The van der Waals surface area contributed by atoms with Gasteiger partial charge in [0, 0.05) is 19.0 Å². The highest BCUT2D eigenvalue weighted by Crippen LogP contribution is 2.16. The van der Waals surface area contributed by atoms with Crippen molar-refractivity contribution in [3.8, 4) is 0 Å². The largest absolute Gasteiger partial charge is 0.377 e. The lowest BCUT2D eigenvalue weighted by Gasteiger charge is -2.16. The molecule has 1 heterocycles. The summed E-state index contributed by atoms with van der Waals surface area (Å²) in [5, 5.41) is 2.53. The van der Waals surface area contributed by atoms with Gasteiger partial charge in [-0.25, -0.2) is 4.98 Å². The number of thiazole rings is 1. The van der Waals surface area contributed by atoms with Gasteiger partial charge in [0.05, 0.1) is 18.8 Å². The van der Waals surface area contributed by atoms with Crippen molar-refractivity contribution in [2.45, 2.75) is 32.9 Å². The molecule has 1 rings (SSSR count). The first-order chi connectivity index (χ1) is 8.41. The number of carbonyl (C=O) groups is 1. The molecule has 0 aromatic carbocycles. The lowest BCUT2D eigenvalue weighted by atomic mass is 10.3. The lowest BCUT2D eigenvalue weighted by molar-refractivity contribution is 0.0529. The monoisotopic (exact) mass is 271 g/mol. The summed E-state index contributed by atoms with van der Waals surface area (Å²) in [7, 11) is 1.75. The maximum absolute atomic E-state index is 12.0. The van der Waals surface area contributed by atoms with Crippen LogP contribution in [0.3, 0.4) is 0 Å². The van der Waals surface area contributed by atoms with Crippen LogP contribution in [0.4, 0.5) is 0 Å². The quantitative estimate of drug-likeness (QED) is 0.854. The second-order valence-electron chi connectivity index (χ2n) is 4.51. The van der Waals surface area contributed by atoms with Crippen molar-refractivity contribution in [3.63, 3.8) is 0 Å². The fourth-order valence-electron chi connectivity index (χ4n) is 1.32. The van der Waals surface area contributed by atoms with E-state index in [1.54, 1.807) is 17.3 Å². The van der Waals surface area contributed by atoms with E-state index in [0.29, 0.717) is 18.8 Å². The van der Waals surface area contributed by atoms with Gasteiger partial charge in [-0.1, -0.05) is 0 Å². The van der Waals surface area contributed by atoms with Crippen molar-refractivity contribution in [3.05, 3.63) is 16.1 Å². The van der Waals surface area contributed by atoms with Crippen LogP contribution in [-0.4, -0.2) is 42.1 Å². The molecule has 0 aliphatic carbocycles. The van der Waals surface area contributed by atoms with Gasteiger partial charge in [0.25, 0.3) is 5.91 Å². The number of amides is 1. The number of hydrogen-bond acceptors (Lipinski definition) is 5. The van der Waals surface area contributed by atoms with Gasteiger partial charge >= 0.3 is 0 Å². The third-order valence-electron chi connectivity index (χ3n) is 2.36. The maximum atomic E-state index is 12.0. The van der Waals surface area contributed by atoms with E-state index in [4.69, 9.17) is 10.5 Å². The standard InChI is InChI=1S/C12H21N3O2S/c1-8(2)17-6-5-15(4)12(16)10-7-18-11(14-10)9(3)13/h7-9H,5-6,13H2,1-4H3. The van der Waals surface area contributed by atoms with Crippen molar-refractivity contribution >= 4 is 17.2 Å². The number of hydrogen-bond donors (Lipinski definition) is 1. The molecule has 0 bridgehead atoms. The minimum absolute atomic E-state index is 0.0921. The van der Waals surface area contributed by atoms with Gasteiger partial charge in [0.1, 0.15) is 10.7 Å². The van der Waals surface area contributed by atoms with Gasteiger partial charge in [0.15, 0.2) is 0 Å². The van der Waals surface area contributed by atoms with E-state index in [2.05, 4.69) is 4.98 Å². The van der Waals surface area contributed by atoms with Gasteiger partial charge in [-0.15, -0.1) is 11.3 Å². The van der Waals surface area contributed by atoms with Gasteiger partial charge in [-0.05, 0) is 20.8 Å². The van der Waals surface area contributed by atoms with E-state index in [1.165, 1.54) is 11.3 Å². The van der Waals surface area contributed by atoms with Crippen molar-refractivity contribution < 1.29 is 9.53 Å². The molecular weight excluding hydrogens is 250 g/mol. The number of aromatic nitrogens is 1. The van der Waals surface area contributed by atoms with Crippen molar-refractivity contribution in [2.24, 2.45) is 5.73 Å². The minimum Gasteiger partial charge on any atom is -0.377 e. The fraction of sp³-hybridized carbons (Fsp3) is 0.667. The van der Waals surface area contributed by atoms with Crippen molar-refractivity contribution in [1.29, 1.82) is 0 Å². The Balaban J connectivity index is 2.52. The molecule has 1 amide bonds. The molecule has 1 unspecified atom stereocenters. The molecular formula is C12H21N3O2S. The number of carbonyl (C=O) groups excluding carboxylic acids is 1. The predicted octanol–water partition coefficient (Wildman–Crippen LogP) is 1.66. The molecule has 2 N–H and O–H groups in total. The summed E-state index contributed by atoms with van der Waals surface area (Å²) in [5.74, 6) is -0.0921. The minimum atomic E-state index is -0.133. The molecule has 0 saturated carbocycles. The average Bonchev–Trinajstić information content (AvgIpc) is 2.76. The average molecular weight is 271 g/mol. The van der Waals surface area contributed by atoms with Crippen LogP contribution in [0.15, 0.2) is 5.38 Å². The number of ether oxygens (including phenoxy) is 1. The molecule has 1 aromatic heterocycles. The third kappa shape index (κ3) is 4.36. The van der Waals surface area contributed by atoms with Gasteiger partial charge in [0.2, 0.25) is 0 Å². The third-order valence-corrected chi connectivity index (χ3v) is 3.40. The van der Waals surface area contributed by atoms with E-state index in [9.17, 15) is 4.79 Å². The maximum Gasteiger partial charge on any atom is 0.273 e. The van der Waals surface area contributed by atoms with Crippen LogP contribution in [0.1, 0.15) is 42.3 Å². The molecule has 0 fully saturated rings. The molecule has 5 nitrogen and oxygen atoms in total. The Kier molecular flexibility index (Phi) is 5.71. The van der Waals surface area contributed by atoms with Crippen LogP contribution in [0.2, 0.25) is 0 Å². The molecule has 1 aromatic rings. The van der Waals surface area contributed by atoms with Crippen LogP contribution in [0, 0.1) is 0 Å². The Hall–Kier alpha value is -0.980. The summed E-state index contributed by atoms with van der Waals surface area (Å²) in [6.07, 6.45) is 0.178. The lowest BCUT2D eigenvalue weighted by Crippen LogP contribution is -2.31. The highest BCUT2D eigenvalue weighted by atomic mass is 32.1. The van der Waals surface area contributed by atoms with Crippen LogP contribution >= 0.6 is 11.3 Å². The van der Waals surface area contributed by atoms with E-state index in [-0.39, 0.29) is 18.1 Å². The molecule has 18 heavy (non-hydrogen) atoms. The first-order valence-corrected chi connectivity index (χ1v) is 6.87. The molecule has 1 atom stereocenters. The first-order valence-electron chi connectivity index (χ1n) is 6.00. The number of likely N-dealkylation sites (N-methyl/N-ethyl adjacent to an activating group) is 1. The van der Waals surface area contributed by atoms with Crippen molar-refractivity contribution in [2.75, 3.05) is 20.2 Å². The summed E-state index contributed by atoms with van der Waals surface area (Å²) in [4.78, 5) is 17.9. The Bertz CT molecular complexity index is 390. The zero-order chi connectivity index (χ0) is 13.7. The summed E-state index contributed by atoms with van der Waals surface area (Å²) < 4.78 is 5.41. The smallest absolute Gasteiger partial charge is 0.273 e. The van der Waals surface area contributed by atoms with Gasteiger partial charge in [-0.3, -0.25) is 4.79 Å². The summed E-state index contributed by atoms with van der Waals surface area (Å²) in [6.45, 7) is 6.88. The normalized spacial score (nSPS) is 12.8. The van der Waals surface area contributed by atoms with Crippen LogP contribution < -0.4 is 5.73 Å². The SMILES string of the molecule is CC(C)OCCN(C)C(=O)c1csc(C(C)N)n1. The number of nitrogens with two attached hydrogens (primary N) is 1. The fourth-order valence-corrected chi connectivity index (χ4v) is 2.07. The summed E-state index contributed by atoms with van der Waals surface area (Å²) >= 11 is 1.42. The van der Waals surface area contributed by atoms with Crippen LogP contribution in [-0.2, 0) is 4.74 Å². The molecule has 0 aliphatic heterocycles. The van der Waals surface area contributed by atoms with Crippen LogP contribution in [0.5, 0.6) is 0 Å². The molecule has 6 heteroatoms. The van der Waals surface area contributed by atoms with Crippen LogP contribution in [0.25, 0.3) is 0 Å². The molecule has 0 saturated heterocycles. The predicted molar refractivity (Wildman–Crippen MR) is 72.8 cm³/mol. The second kappa shape index (κ2) is 6.82. The molecule has 0 aliphatic rings. The number of rotatable bonds is 6. The zero-order valence-corrected chi connectivity index (χ0v) is 12.2. The van der Waals surface area contributed by atoms with E-state index < -0.39 is 0 Å². The highest BCUT2D eigenvalue weighted by molar-refractivity contribution is 7.09. The molecule has 102 valence electrons. The topological polar surface area (TPSA) is 68.5 Å². The van der Waals surface area contributed by atoms with E-state index >= 15 is 0 Å². The van der Waals surface area contributed by atoms with E-state index in [1.807, 2.05) is 20.8 Å². The summed E-state index contributed by atoms with van der Waals surface area (Å²) in [5.41, 5.74) is 6.18. The molecule has 0 spiro atoms. The molecule has 0 radical (unpaired) electrons.